The Labute approximate surface area is 150 Å². The SMILES string of the molecule is COCCN1C(=O)C(=O)C(=C(O)c2ccccc2)C1c1ccc(O)cc1. The highest BCUT2D eigenvalue weighted by molar-refractivity contribution is 6.46. The van der Waals surface area contributed by atoms with E-state index in [0.29, 0.717) is 11.1 Å². The summed E-state index contributed by atoms with van der Waals surface area (Å²) in [7, 11) is 1.51. The Kier molecular flexibility index (Phi) is 5.04. The van der Waals surface area contributed by atoms with Crippen LogP contribution in [0.2, 0.25) is 0 Å². The van der Waals surface area contributed by atoms with Crippen molar-refractivity contribution in [3.8, 4) is 5.75 Å². The molecule has 2 N–H and O–H groups in total. The number of aliphatic hydroxyl groups excluding tert-OH is 1. The molecule has 0 saturated carbocycles. The lowest BCUT2D eigenvalue weighted by atomic mass is 9.95. The summed E-state index contributed by atoms with van der Waals surface area (Å²) in [6.45, 7) is 0.463. The molecule has 1 amide bonds. The van der Waals surface area contributed by atoms with E-state index >= 15 is 0 Å². The van der Waals surface area contributed by atoms with Crippen molar-refractivity contribution in [2.75, 3.05) is 20.3 Å². The maximum Gasteiger partial charge on any atom is 0.295 e. The smallest absolute Gasteiger partial charge is 0.295 e. The molecular formula is C20H19NO5. The molecule has 0 aromatic heterocycles. The van der Waals surface area contributed by atoms with Gasteiger partial charge in [0.2, 0.25) is 0 Å². The number of aromatic hydroxyl groups is 1. The molecule has 3 rings (SSSR count). The Balaban J connectivity index is 2.15. The highest BCUT2D eigenvalue weighted by Gasteiger charge is 2.45. The molecule has 1 aliphatic heterocycles. The first-order valence-corrected chi connectivity index (χ1v) is 8.16. The third kappa shape index (κ3) is 3.19. The molecule has 1 heterocycles. The van der Waals surface area contributed by atoms with Crippen molar-refractivity contribution in [2.45, 2.75) is 6.04 Å². The minimum Gasteiger partial charge on any atom is -0.508 e. The van der Waals surface area contributed by atoms with E-state index in [1.807, 2.05) is 0 Å². The van der Waals surface area contributed by atoms with Crippen LogP contribution < -0.4 is 0 Å². The van der Waals surface area contributed by atoms with Crippen molar-refractivity contribution < 1.29 is 24.5 Å². The number of Topliss-reactive ketones (excluding diaryl/α,β-unsaturated/α-hetero) is 1. The van der Waals surface area contributed by atoms with Crippen molar-refractivity contribution in [2.24, 2.45) is 0 Å². The van der Waals surface area contributed by atoms with Gasteiger partial charge >= 0.3 is 0 Å². The first-order chi connectivity index (χ1) is 12.5. The number of hydrogen-bond acceptors (Lipinski definition) is 5. The lowest BCUT2D eigenvalue weighted by Crippen LogP contribution is -2.32. The molecule has 1 atom stereocenters. The van der Waals surface area contributed by atoms with Crippen LogP contribution in [0, 0.1) is 0 Å². The summed E-state index contributed by atoms with van der Waals surface area (Å²) in [5, 5.41) is 20.3. The fourth-order valence-electron chi connectivity index (χ4n) is 3.05. The monoisotopic (exact) mass is 353 g/mol. The van der Waals surface area contributed by atoms with Crippen LogP contribution >= 0.6 is 0 Å². The summed E-state index contributed by atoms with van der Waals surface area (Å²) >= 11 is 0. The summed E-state index contributed by atoms with van der Waals surface area (Å²) in [5.41, 5.74) is 1.11. The molecule has 1 saturated heterocycles. The number of phenolic OH excluding ortho intramolecular Hbond substituents is 1. The first kappa shape index (κ1) is 17.7. The number of nitrogens with zero attached hydrogens (tertiary/aromatic N) is 1. The van der Waals surface area contributed by atoms with E-state index in [-0.39, 0.29) is 30.2 Å². The first-order valence-electron chi connectivity index (χ1n) is 8.16. The van der Waals surface area contributed by atoms with Gasteiger partial charge in [0.1, 0.15) is 11.5 Å². The van der Waals surface area contributed by atoms with E-state index in [1.165, 1.54) is 24.1 Å². The van der Waals surface area contributed by atoms with Gasteiger partial charge < -0.3 is 19.8 Å². The largest absolute Gasteiger partial charge is 0.508 e. The molecule has 6 nitrogen and oxygen atoms in total. The number of amides is 1. The number of carbonyl (C=O) groups excluding carboxylic acids is 2. The number of methoxy groups -OCH3 is 1. The second kappa shape index (κ2) is 7.41. The topological polar surface area (TPSA) is 87.1 Å². The van der Waals surface area contributed by atoms with Crippen LogP contribution in [-0.2, 0) is 14.3 Å². The van der Waals surface area contributed by atoms with Crippen LogP contribution in [0.15, 0.2) is 60.2 Å². The molecule has 6 heteroatoms. The molecule has 2 aromatic rings. The summed E-state index contributed by atoms with van der Waals surface area (Å²) in [5.74, 6) is -1.56. The molecule has 0 bridgehead atoms. The van der Waals surface area contributed by atoms with E-state index in [0.717, 1.165) is 0 Å². The maximum atomic E-state index is 12.6. The molecule has 2 aromatic carbocycles. The maximum absolute atomic E-state index is 12.6. The average molecular weight is 353 g/mol. The standard InChI is InChI=1S/C20H19NO5/c1-26-12-11-21-17(13-7-9-15(22)10-8-13)16(19(24)20(21)25)18(23)14-5-3-2-4-6-14/h2-10,17,22-23H,11-12H2,1H3. The Morgan fingerprint density at radius 1 is 1.08 bits per heavy atom. The van der Waals surface area contributed by atoms with Crippen LogP contribution in [-0.4, -0.2) is 47.1 Å². The summed E-state index contributed by atoms with van der Waals surface area (Å²) in [6, 6.07) is 14.1. The zero-order chi connectivity index (χ0) is 18.7. The van der Waals surface area contributed by atoms with Gasteiger partial charge in [-0.25, -0.2) is 0 Å². The molecule has 1 unspecified atom stereocenters. The lowest BCUT2D eigenvalue weighted by molar-refractivity contribution is -0.140. The number of ketones is 1. The third-order valence-corrected chi connectivity index (χ3v) is 4.33. The third-order valence-electron chi connectivity index (χ3n) is 4.33. The number of hydrogen-bond donors (Lipinski definition) is 2. The van der Waals surface area contributed by atoms with E-state index in [1.54, 1.807) is 42.5 Å². The number of rotatable bonds is 5. The Bertz CT molecular complexity index is 842. The Morgan fingerprint density at radius 3 is 2.35 bits per heavy atom. The van der Waals surface area contributed by atoms with Gasteiger partial charge in [0.15, 0.2) is 0 Å². The molecule has 0 aliphatic carbocycles. The van der Waals surface area contributed by atoms with Crippen LogP contribution in [0.1, 0.15) is 17.2 Å². The van der Waals surface area contributed by atoms with E-state index < -0.39 is 17.7 Å². The fraction of sp³-hybridized carbons (Fsp3) is 0.200. The number of carbonyl (C=O) groups is 2. The number of phenols is 1. The number of likely N-dealkylation sites (tertiary alicyclic amines) is 1. The van der Waals surface area contributed by atoms with Crippen LogP contribution in [0.4, 0.5) is 0 Å². The average Bonchev–Trinajstić information content (AvgIpc) is 2.91. The van der Waals surface area contributed by atoms with Crippen LogP contribution in [0.25, 0.3) is 5.76 Å². The lowest BCUT2D eigenvalue weighted by Gasteiger charge is -2.25. The minimum atomic E-state index is -0.744. The van der Waals surface area contributed by atoms with Gasteiger partial charge in [-0.2, -0.15) is 0 Å². The normalized spacial score (nSPS) is 19.1. The zero-order valence-corrected chi connectivity index (χ0v) is 14.3. The van der Waals surface area contributed by atoms with Crippen molar-refractivity contribution >= 4 is 17.4 Å². The van der Waals surface area contributed by atoms with Crippen LogP contribution in [0.3, 0.4) is 0 Å². The molecule has 1 fully saturated rings. The van der Waals surface area contributed by atoms with Gasteiger partial charge in [-0.05, 0) is 17.7 Å². The second-order valence-corrected chi connectivity index (χ2v) is 5.94. The number of aliphatic hydroxyl groups is 1. The molecule has 26 heavy (non-hydrogen) atoms. The van der Waals surface area contributed by atoms with Gasteiger partial charge in [-0.15, -0.1) is 0 Å². The van der Waals surface area contributed by atoms with Gasteiger partial charge in [-0.1, -0.05) is 42.5 Å². The molecule has 0 radical (unpaired) electrons. The minimum absolute atomic E-state index is 0.0305. The van der Waals surface area contributed by atoms with Gasteiger partial charge in [0.05, 0.1) is 18.2 Å². The van der Waals surface area contributed by atoms with Crippen molar-refractivity contribution in [1.29, 1.82) is 0 Å². The summed E-state index contributed by atoms with van der Waals surface area (Å²) < 4.78 is 5.05. The van der Waals surface area contributed by atoms with Gasteiger partial charge in [0, 0.05) is 19.2 Å². The Morgan fingerprint density at radius 2 is 1.73 bits per heavy atom. The quantitative estimate of drug-likeness (QED) is 0.490. The number of benzene rings is 2. The Hall–Kier alpha value is -3.12. The molecule has 1 aliphatic rings. The van der Waals surface area contributed by atoms with Gasteiger partial charge in [0.25, 0.3) is 11.7 Å². The predicted molar refractivity (Wildman–Crippen MR) is 95.4 cm³/mol. The zero-order valence-electron chi connectivity index (χ0n) is 14.3. The van der Waals surface area contributed by atoms with E-state index in [4.69, 9.17) is 4.74 Å². The summed E-state index contributed by atoms with van der Waals surface area (Å²) in [4.78, 5) is 26.6. The predicted octanol–water partition coefficient (Wildman–Crippen LogP) is 2.46. The van der Waals surface area contributed by atoms with Crippen molar-refractivity contribution in [3.05, 3.63) is 71.3 Å². The molecule has 134 valence electrons. The van der Waals surface area contributed by atoms with E-state index in [2.05, 4.69) is 0 Å². The van der Waals surface area contributed by atoms with Gasteiger partial charge in [-0.3, -0.25) is 9.59 Å². The molecular weight excluding hydrogens is 334 g/mol. The summed E-state index contributed by atoms with van der Waals surface area (Å²) in [6.07, 6.45) is 0. The molecule has 0 spiro atoms. The second-order valence-electron chi connectivity index (χ2n) is 5.94. The van der Waals surface area contributed by atoms with E-state index in [9.17, 15) is 19.8 Å². The fourth-order valence-corrected chi connectivity index (χ4v) is 3.05. The highest BCUT2D eigenvalue weighted by Crippen LogP contribution is 2.39. The highest BCUT2D eigenvalue weighted by atomic mass is 16.5. The van der Waals surface area contributed by atoms with Crippen LogP contribution in [0.5, 0.6) is 5.75 Å². The van der Waals surface area contributed by atoms with Crippen molar-refractivity contribution in [3.63, 3.8) is 0 Å². The number of ether oxygens (including phenoxy) is 1. The van der Waals surface area contributed by atoms with Crippen molar-refractivity contribution in [1.82, 2.24) is 4.90 Å².